The van der Waals surface area contributed by atoms with Crippen molar-refractivity contribution in [2.24, 2.45) is 5.10 Å². The smallest absolute Gasteiger partial charge is 0.306 e. The molecule has 0 saturated heterocycles. The molecule has 1 heterocycles. The molecule has 144 valence electrons. The van der Waals surface area contributed by atoms with Gasteiger partial charge in [-0.05, 0) is 39.0 Å². The Bertz CT molecular complexity index is 709. The summed E-state index contributed by atoms with van der Waals surface area (Å²) in [5.41, 5.74) is -2.12. The average Bonchev–Trinajstić information content (AvgIpc) is 2.49. The second-order valence-electron chi connectivity index (χ2n) is 5.34. The fraction of sp³-hybridized carbons (Fsp3) is 0.375. The summed E-state index contributed by atoms with van der Waals surface area (Å²) in [5, 5.41) is 5.89. The van der Waals surface area contributed by atoms with E-state index in [1.54, 1.807) is 6.08 Å². The number of hydrogen-bond donors (Lipinski definition) is 1. The van der Waals surface area contributed by atoms with Gasteiger partial charge < -0.3 is 5.32 Å². The zero-order valence-electron chi connectivity index (χ0n) is 14.2. The van der Waals surface area contributed by atoms with Gasteiger partial charge in [-0.2, -0.15) is 31.4 Å². The number of benzene rings is 1. The molecule has 0 aromatic heterocycles. The van der Waals surface area contributed by atoms with Crippen molar-refractivity contribution in [3.8, 4) is 0 Å². The number of carbonyl (C=O) groups excluding carboxylic acids is 1. The SMILES string of the molecule is C/C(=N\N1C(=O)Nc2ccc(C(F)(F)F)cc2C1C)C(F)(F)F.C=CC. The van der Waals surface area contributed by atoms with Crippen molar-refractivity contribution in [1.82, 2.24) is 5.01 Å². The molecule has 0 bridgehead atoms. The van der Waals surface area contributed by atoms with Crippen LogP contribution < -0.4 is 5.32 Å². The van der Waals surface area contributed by atoms with Crippen molar-refractivity contribution in [3.63, 3.8) is 0 Å². The second kappa shape index (κ2) is 7.79. The Morgan fingerprint density at radius 2 is 1.81 bits per heavy atom. The van der Waals surface area contributed by atoms with Gasteiger partial charge in [0, 0.05) is 11.3 Å². The number of urea groups is 1. The van der Waals surface area contributed by atoms with E-state index in [0.717, 1.165) is 18.2 Å². The molecule has 1 aliphatic heterocycles. The highest BCUT2D eigenvalue weighted by Gasteiger charge is 2.38. The number of hydrazone groups is 1. The lowest BCUT2D eigenvalue weighted by Gasteiger charge is -2.32. The van der Waals surface area contributed by atoms with Crippen LogP contribution in [-0.4, -0.2) is 22.9 Å². The minimum atomic E-state index is -4.74. The highest BCUT2D eigenvalue weighted by atomic mass is 19.4. The fourth-order valence-corrected chi connectivity index (χ4v) is 2.03. The summed E-state index contributed by atoms with van der Waals surface area (Å²) in [4.78, 5) is 11.8. The number of nitrogens with one attached hydrogen (secondary N) is 1. The summed E-state index contributed by atoms with van der Waals surface area (Å²) in [7, 11) is 0. The molecule has 4 nitrogen and oxygen atoms in total. The van der Waals surface area contributed by atoms with Gasteiger partial charge in [-0.25, -0.2) is 9.80 Å². The first kappa shape index (κ1) is 21.5. The predicted octanol–water partition coefficient (Wildman–Crippen LogP) is 5.74. The van der Waals surface area contributed by atoms with Crippen molar-refractivity contribution < 1.29 is 31.1 Å². The van der Waals surface area contributed by atoms with Gasteiger partial charge in [-0.3, -0.25) is 0 Å². The number of carbonyl (C=O) groups is 1. The summed E-state index contributed by atoms with van der Waals surface area (Å²) < 4.78 is 75.9. The molecule has 0 spiro atoms. The van der Waals surface area contributed by atoms with Crippen LogP contribution in [0.2, 0.25) is 0 Å². The summed E-state index contributed by atoms with van der Waals surface area (Å²) >= 11 is 0. The number of nitrogens with zero attached hydrogens (tertiary/aromatic N) is 2. The lowest BCUT2D eigenvalue weighted by molar-refractivity contribution is -0.137. The Morgan fingerprint density at radius 1 is 1.27 bits per heavy atom. The molecule has 0 saturated carbocycles. The first-order valence-corrected chi connectivity index (χ1v) is 7.33. The van der Waals surface area contributed by atoms with E-state index in [9.17, 15) is 31.1 Å². The maximum Gasteiger partial charge on any atom is 0.430 e. The van der Waals surface area contributed by atoms with Crippen molar-refractivity contribution in [2.75, 3.05) is 5.32 Å². The molecule has 1 atom stereocenters. The first-order chi connectivity index (χ1) is 11.8. The largest absolute Gasteiger partial charge is 0.430 e. The molecule has 2 amide bonds. The maximum atomic E-state index is 12.7. The molecule has 26 heavy (non-hydrogen) atoms. The molecular weight excluding hydrogens is 364 g/mol. The van der Waals surface area contributed by atoms with Crippen LogP contribution >= 0.6 is 0 Å². The van der Waals surface area contributed by atoms with E-state index in [4.69, 9.17) is 0 Å². The van der Waals surface area contributed by atoms with Crippen LogP contribution in [0.25, 0.3) is 0 Å². The van der Waals surface area contributed by atoms with Crippen LogP contribution in [0.4, 0.5) is 36.8 Å². The zero-order valence-corrected chi connectivity index (χ0v) is 14.2. The number of anilines is 1. The highest BCUT2D eigenvalue weighted by molar-refractivity contribution is 5.95. The Kier molecular flexibility index (Phi) is 6.45. The number of allylic oxidation sites excluding steroid dienone is 1. The first-order valence-electron chi connectivity index (χ1n) is 7.33. The van der Waals surface area contributed by atoms with Gasteiger partial charge >= 0.3 is 18.4 Å². The molecular formula is C16H17F6N3O. The van der Waals surface area contributed by atoms with Crippen molar-refractivity contribution in [3.05, 3.63) is 42.0 Å². The van der Waals surface area contributed by atoms with E-state index in [2.05, 4.69) is 17.0 Å². The highest BCUT2D eigenvalue weighted by Crippen LogP contribution is 2.38. The molecule has 1 unspecified atom stereocenters. The molecule has 0 fully saturated rings. The minimum absolute atomic E-state index is 0.0261. The zero-order chi connectivity index (χ0) is 20.3. The van der Waals surface area contributed by atoms with E-state index in [0.29, 0.717) is 11.9 Å². The normalized spacial score (nSPS) is 17.7. The van der Waals surface area contributed by atoms with E-state index in [1.165, 1.54) is 6.92 Å². The second-order valence-corrected chi connectivity index (χ2v) is 5.34. The Morgan fingerprint density at radius 3 is 2.27 bits per heavy atom. The lowest BCUT2D eigenvalue weighted by atomic mass is 10.0. The van der Waals surface area contributed by atoms with Crippen LogP contribution in [0.15, 0.2) is 36.0 Å². The van der Waals surface area contributed by atoms with Gasteiger partial charge in [0.2, 0.25) is 0 Å². The average molecular weight is 381 g/mol. The minimum Gasteiger partial charge on any atom is -0.306 e. The van der Waals surface area contributed by atoms with Gasteiger partial charge in [0.15, 0.2) is 0 Å². The van der Waals surface area contributed by atoms with Gasteiger partial charge in [-0.15, -0.1) is 6.58 Å². The van der Waals surface area contributed by atoms with Crippen LogP contribution in [0.3, 0.4) is 0 Å². The molecule has 1 aromatic carbocycles. The van der Waals surface area contributed by atoms with E-state index in [1.807, 2.05) is 6.92 Å². The standard InChI is InChI=1S/C13H11F6N3O.C3H6/c1-6-9-5-8(13(17,18)19)3-4-10(9)20-11(23)22(6)21-7(2)12(14,15)16;1-3-2/h3-6H,1-2H3,(H,20,23);3H,1H2,2H3/b21-7+;. The number of rotatable bonds is 1. The van der Waals surface area contributed by atoms with Crippen molar-refractivity contribution in [1.29, 1.82) is 0 Å². The molecule has 0 radical (unpaired) electrons. The monoisotopic (exact) mass is 381 g/mol. The van der Waals surface area contributed by atoms with E-state index >= 15 is 0 Å². The summed E-state index contributed by atoms with van der Waals surface area (Å²) in [6.45, 7) is 7.21. The Labute approximate surface area is 146 Å². The van der Waals surface area contributed by atoms with E-state index in [-0.39, 0.29) is 11.3 Å². The lowest BCUT2D eigenvalue weighted by Crippen LogP contribution is -2.39. The number of alkyl halides is 6. The maximum absolute atomic E-state index is 12.7. The topological polar surface area (TPSA) is 44.7 Å². The van der Waals surface area contributed by atoms with E-state index < -0.39 is 35.7 Å². The third-order valence-corrected chi connectivity index (χ3v) is 3.31. The molecule has 2 rings (SSSR count). The Balaban J connectivity index is 0.00000105. The molecule has 10 heteroatoms. The van der Waals surface area contributed by atoms with Crippen LogP contribution in [-0.2, 0) is 6.18 Å². The predicted molar refractivity (Wildman–Crippen MR) is 85.8 cm³/mol. The number of fused-ring (bicyclic) bond motifs is 1. The van der Waals surface area contributed by atoms with Crippen LogP contribution in [0, 0.1) is 0 Å². The molecule has 1 N–H and O–H groups in total. The van der Waals surface area contributed by atoms with Crippen LogP contribution in [0.5, 0.6) is 0 Å². The number of amides is 2. The quantitative estimate of drug-likeness (QED) is 0.376. The van der Waals surface area contributed by atoms with Gasteiger partial charge in [0.05, 0.1) is 11.6 Å². The fourth-order valence-electron chi connectivity index (χ4n) is 2.03. The van der Waals surface area contributed by atoms with Crippen molar-refractivity contribution >= 4 is 17.4 Å². The molecule has 1 aliphatic rings. The van der Waals surface area contributed by atoms with Gasteiger partial charge in [-0.1, -0.05) is 6.08 Å². The van der Waals surface area contributed by atoms with Gasteiger partial charge in [0.25, 0.3) is 0 Å². The molecule has 0 aliphatic carbocycles. The number of hydrogen-bond acceptors (Lipinski definition) is 2. The van der Waals surface area contributed by atoms with Crippen LogP contribution in [0.1, 0.15) is 37.9 Å². The third kappa shape index (κ3) is 4.99. The Hall–Kier alpha value is -2.52. The summed E-state index contributed by atoms with van der Waals surface area (Å²) in [6, 6.07) is 0.590. The summed E-state index contributed by atoms with van der Waals surface area (Å²) in [6.07, 6.45) is -7.60. The summed E-state index contributed by atoms with van der Waals surface area (Å²) in [5.74, 6) is 0. The third-order valence-electron chi connectivity index (χ3n) is 3.31. The number of halogens is 6. The molecule has 1 aromatic rings. The van der Waals surface area contributed by atoms with Gasteiger partial charge in [0.1, 0.15) is 5.71 Å². The van der Waals surface area contributed by atoms with Crippen molar-refractivity contribution in [2.45, 2.75) is 39.2 Å².